The number of carbonyl (C=O) groups excluding carboxylic acids is 1. The van der Waals surface area contributed by atoms with Crippen molar-refractivity contribution in [2.75, 3.05) is 6.79 Å². The van der Waals surface area contributed by atoms with Crippen LogP contribution in [-0.4, -0.2) is 29.9 Å². The van der Waals surface area contributed by atoms with Crippen molar-refractivity contribution in [1.82, 2.24) is 10.6 Å². The molecule has 0 saturated carbocycles. The zero-order valence-electron chi connectivity index (χ0n) is 11.9. The first-order valence-corrected chi connectivity index (χ1v) is 6.63. The Morgan fingerprint density at radius 1 is 1.29 bits per heavy atom. The topological polar surface area (TPSA) is 96.9 Å². The summed E-state index contributed by atoms with van der Waals surface area (Å²) >= 11 is 0. The molecule has 0 saturated heterocycles. The van der Waals surface area contributed by atoms with E-state index in [1.165, 1.54) is 0 Å². The van der Waals surface area contributed by atoms with E-state index in [9.17, 15) is 9.59 Å². The summed E-state index contributed by atoms with van der Waals surface area (Å²) in [5.41, 5.74) is 0.839. The number of ether oxygens (including phenoxy) is 2. The lowest BCUT2D eigenvalue weighted by atomic mass is 10.1. The van der Waals surface area contributed by atoms with Gasteiger partial charge in [0.25, 0.3) is 0 Å². The number of aliphatic carboxylic acids is 1. The molecular weight excluding hydrogens is 276 g/mol. The molecule has 21 heavy (non-hydrogen) atoms. The second kappa shape index (κ2) is 6.34. The zero-order chi connectivity index (χ0) is 15.4. The molecule has 0 unspecified atom stereocenters. The molecule has 0 radical (unpaired) electrons. The number of hydrogen-bond acceptors (Lipinski definition) is 4. The number of carboxylic acid groups (broad SMARTS) is 1. The molecule has 1 aliphatic rings. The van der Waals surface area contributed by atoms with Crippen molar-refractivity contribution in [3.63, 3.8) is 0 Å². The van der Waals surface area contributed by atoms with Gasteiger partial charge in [0.15, 0.2) is 11.5 Å². The van der Waals surface area contributed by atoms with Gasteiger partial charge in [-0.1, -0.05) is 19.9 Å². The third-order valence-electron chi connectivity index (χ3n) is 3.11. The molecule has 0 aliphatic carbocycles. The quantitative estimate of drug-likeness (QED) is 0.761. The maximum absolute atomic E-state index is 11.7. The highest BCUT2D eigenvalue weighted by atomic mass is 16.7. The number of carbonyl (C=O) groups is 2. The van der Waals surface area contributed by atoms with E-state index in [1.54, 1.807) is 26.0 Å². The highest BCUT2D eigenvalue weighted by Gasteiger charge is 2.23. The molecule has 3 N–H and O–H groups in total. The minimum absolute atomic E-state index is 0.196. The van der Waals surface area contributed by atoms with Crippen LogP contribution < -0.4 is 20.1 Å². The highest BCUT2D eigenvalue weighted by Crippen LogP contribution is 2.32. The first-order valence-electron chi connectivity index (χ1n) is 6.63. The van der Waals surface area contributed by atoms with Crippen LogP contribution in [0.3, 0.4) is 0 Å². The molecule has 7 heteroatoms. The summed E-state index contributed by atoms with van der Waals surface area (Å²) in [5.74, 6) is 0.0660. The Balaban J connectivity index is 1.88. The Morgan fingerprint density at radius 2 is 2.00 bits per heavy atom. The minimum Gasteiger partial charge on any atom is -0.480 e. The molecule has 1 aromatic rings. The van der Waals surface area contributed by atoms with Gasteiger partial charge in [-0.05, 0) is 23.6 Å². The fourth-order valence-corrected chi connectivity index (χ4v) is 1.94. The Bertz CT molecular complexity index is 544. The predicted molar refractivity (Wildman–Crippen MR) is 74.2 cm³/mol. The van der Waals surface area contributed by atoms with Gasteiger partial charge in [0.1, 0.15) is 6.04 Å². The van der Waals surface area contributed by atoms with Crippen LogP contribution in [0.5, 0.6) is 11.5 Å². The fourth-order valence-electron chi connectivity index (χ4n) is 1.94. The monoisotopic (exact) mass is 294 g/mol. The summed E-state index contributed by atoms with van der Waals surface area (Å²) in [5, 5.41) is 14.1. The highest BCUT2D eigenvalue weighted by molar-refractivity contribution is 5.82. The summed E-state index contributed by atoms with van der Waals surface area (Å²) in [6.07, 6.45) is 0. The largest absolute Gasteiger partial charge is 0.480 e. The van der Waals surface area contributed by atoms with Crippen molar-refractivity contribution in [2.45, 2.75) is 26.4 Å². The summed E-state index contributed by atoms with van der Waals surface area (Å²) in [7, 11) is 0. The van der Waals surface area contributed by atoms with Crippen LogP contribution in [0.1, 0.15) is 19.4 Å². The molecule has 1 atom stereocenters. The lowest BCUT2D eigenvalue weighted by Gasteiger charge is -2.18. The SMILES string of the molecule is CC(C)[C@H](NC(=O)NCc1ccc2c(c1)OCO2)C(=O)O. The molecule has 0 bridgehead atoms. The Labute approximate surface area is 122 Å². The predicted octanol–water partition coefficient (Wildman–Crippen LogP) is 1.32. The molecule has 0 spiro atoms. The number of amides is 2. The molecule has 2 amide bonds. The third kappa shape index (κ3) is 3.77. The van der Waals surface area contributed by atoms with Crippen LogP contribution in [0.4, 0.5) is 4.79 Å². The van der Waals surface area contributed by atoms with Crippen LogP contribution in [-0.2, 0) is 11.3 Å². The molecule has 2 rings (SSSR count). The minimum atomic E-state index is -1.05. The van der Waals surface area contributed by atoms with E-state index in [1.807, 2.05) is 6.07 Å². The van der Waals surface area contributed by atoms with Gasteiger partial charge in [0.05, 0.1) is 0 Å². The molecule has 0 fully saturated rings. The lowest BCUT2D eigenvalue weighted by Crippen LogP contribution is -2.48. The van der Waals surface area contributed by atoms with Gasteiger partial charge >= 0.3 is 12.0 Å². The lowest BCUT2D eigenvalue weighted by molar-refractivity contribution is -0.140. The van der Waals surface area contributed by atoms with E-state index < -0.39 is 18.0 Å². The van der Waals surface area contributed by atoms with Crippen LogP contribution in [0.2, 0.25) is 0 Å². The first-order chi connectivity index (χ1) is 9.97. The van der Waals surface area contributed by atoms with Gasteiger partial charge in [-0.25, -0.2) is 9.59 Å². The van der Waals surface area contributed by atoms with E-state index in [4.69, 9.17) is 14.6 Å². The summed E-state index contributed by atoms with van der Waals surface area (Å²) in [6, 6.07) is 3.92. The standard InChI is InChI=1S/C14H18N2O5/c1-8(2)12(13(17)18)16-14(19)15-6-9-3-4-10-11(5-9)21-7-20-10/h3-5,8,12H,6-7H2,1-2H3,(H,17,18)(H2,15,16,19)/t12-/m0/s1. The van der Waals surface area contributed by atoms with E-state index in [-0.39, 0.29) is 19.3 Å². The van der Waals surface area contributed by atoms with Crippen molar-refractivity contribution < 1.29 is 24.2 Å². The number of benzene rings is 1. The molecule has 0 aromatic heterocycles. The average molecular weight is 294 g/mol. The van der Waals surface area contributed by atoms with Crippen molar-refractivity contribution >= 4 is 12.0 Å². The maximum atomic E-state index is 11.7. The van der Waals surface area contributed by atoms with Crippen molar-refractivity contribution in [1.29, 1.82) is 0 Å². The number of rotatable bonds is 5. The second-order valence-electron chi connectivity index (χ2n) is 5.07. The number of carboxylic acids is 1. The van der Waals surface area contributed by atoms with Crippen molar-refractivity contribution in [3.05, 3.63) is 23.8 Å². The molecule has 1 aromatic carbocycles. The van der Waals surface area contributed by atoms with Crippen LogP contribution in [0.15, 0.2) is 18.2 Å². The van der Waals surface area contributed by atoms with Gasteiger partial charge in [-0.15, -0.1) is 0 Å². The first kappa shape index (κ1) is 15.0. The summed E-state index contributed by atoms with van der Waals surface area (Å²) in [4.78, 5) is 22.7. The van der Waals surface area contributed by atoms with Crippen molar-refractivity contribution in [3.8, 4) is 11.5 Å². The van der Waals surface area contributed by atoms with Crippen LogP contribution in [0.25, 0.3) is 0 Å². The Hall–Kier alpha value is -2.44. The van der Waals surface area contributed by atoms with E-state index in [2.05, 4.69) is 10.6 Å². The smallest absolute Gasteiger partial charge is 0.326 e. The third-order valence-corrected chi connectivity index (χ3v) is 3.11. The Kier molecular flexibility index (Phi) is 4.52. The van der Waals surface area contributed by atoms with E-state index >= 15 is 0 Å². The number of urea groups is 1. The molecule has 114 valence electrons. The molecular formula is C14H18N2O5. The van der Waals surface area contributed by atoms with Gasteiger partial charge in [-0.3, -0.25) is 0 Å². The molecule has 1 aliphatic heterocycles. The second-order valence-corrected chi connectivity index (χ2v) is 5.07. The van der Waals surface area contributed by atoms with Crippen molar-refractivity contribution in [2.24, 2.45) is 5.92 Å². The number of fused-ring (bicyclic) bond motifs is 1. The van der Waals surface area contributed by atoms with E-state index in [0.29, 0.717) is 11.5 Å². The number of hydrogen-bond donors (Lipinski definition) is 3. The van der Waals surface area contributed by atoms with Gasteiger partial charge in [0.2, 0.25) is 6.79 Å². The summed E-state index contributed by atoms with van der Waals surface area (Å²) in [6.45, 7) is 3.93. The van der Waals surface area contributed by atoms with Gasteiger partial charge in [-0.2, -0.15) is 0 Å². The fraction of sp³-hybridized carbons (Fsp3) is 0.429. The van der Waals surface area contributed by atoms with E-state index in [0.717, 1.165) is 5.56 Å². The van der Waals surface area contributed by atoms with Gasteiger partial charge < -0.3 is 25.2 Å². The zero-order valence-corrected chi connectivity index (χ0v) is 11.9. The molecule has 1 heterocycles. The summed E-state index contributed by atoms with van der Waals surface area (Å²) < 4.78 is 10.4. The normalized spacial score (nSPS) is 13.9. The van der Waals surface area contributed by atoms with Crippen LogP contribution in [0, 0.1) is 5.92 Å². The van der Waals surface area contributed by atoms with Gasteiger partial charge in [0, 0.05) is 6.54 Å². The molecule has 7 nitrogen and oxygen atoms in total. The average Bonchev–Trinajstić information content (AvgIpc) is 2.89. The number of nitrogens with one attached hydrogen (secondary N) is 2. The maximum Gasteiger partial charge on any atom is 0.326 e. The van der Waals surface area contributed by atoms with Crippen LogP contribution >= 0.6 is 0 Å². The Morgan fingerprint density at radius 3 is 2.67 bits per heavy atom.